The van der Waals surface area contributed by atoms with Crippen LogP contribution < -0.4 is 16.6 Å². The quantitative estimate of drug-likeness (QED) is 0.421. The Hall–Kier alpha value is -2.63. The molecule has 34 heavy (non-hydrogen) atoms. The second-order valence-electron chi connectivity index (χ2n) is 9.03. The fraction of sp³-hybridized carbons (Fsp3) is 0.727. The lowest BCUT2D eigenvalue weighted by Gasteiger charge is -2.18. The largest absolute Gasteiger partial charge is 0.401 e. The highest BCUT2D eigenvalue weighted by Gasteiger charge is 2.28. The number of unbranched alkanes of at least 4 members (excludes halogenated alkanes) is 1. The van der Waals surface area contributed by atoms with Crippen LogP contribution in [0.1, 0.15) is 52.3 Å². The van der Waals surface area contributed by atoms with Crippen LogP contribution in [0.4, 0.5) is 13.2 Å². The van der Waals surface area contributed by atoms with Gasteiger partial charge in [-0.05, 0) is 32.4 Å². The van der Waals surface area contributed by atoms with Gasteiger partial charge in [0.05, 0.1) is 6.54 Å². The van der Waals surface area contributed by atoms with Crippen LogP contribution in [-0.2, 0) is 24.3 Å². The van der Waals surface area contributed by atoms with Crippen molar-refractivity contribution in [3.05, 3.63) is 26.7 Å². The summed E-state index contributed by atoms with van der Waals surface area (Å²) in [7, 11) is 1.39. The Kier molecular flexibility index (Phi) is 9.90. The van der Waals surface area contributed by atoms with Gasteiger partial charge in [-0.1, -0.05) is 27.2 Å². The number of hydrogen-bond donors (Lipinski definition) is 2. The van der Waals surface area contributed by atoms with Gasteiger partial charge in [0.25, 0.3) is 5.56 Å². The number of halogens is 3. The van der Waals surface area contributed by atoms with Gasteiger partial charge in [-0.25, -0.2) is 9.78 Å². The number of alkyl halides is 3. The predicted octanol–water partition coefficient (Wildman–Crippen LogP) is 2.28. The number of fused-ring (bicyclic) bond motifs is 1. The monoisotopic (exact) mass is 488 g/mol. The van der Waals surface area contributed by atoms with E-state index in [1.807, 2.05) is 20.8 Å². The second-order valence-corrected chi connectivity index (χ2v) is 9.03. The average Bonchev–Trinajstić information content (AvgIpc) is 3.06. The van der Waals surface area contributed by atoms with E-state index in [2.05, 4.69) is 15.3 Å². The zero-order valence-corrected chi connectivity index (χ0v) is 20.3. The molecule has 2 aromatic rings. The van der Waals surface area contributed by atoms with Crippen molar-refractivity contribution >= 4 is 17.1 Å². The van der Waals surface area contributed by atoms with Crippen molar-refractivity contribution in [3.8, 4) is 0 Å². The van der Waals surface area contributed by atoms with Crippen LogP contribution in [0.25, 0.3) is 11.2 Å². The van der Waals surface area contributed by atoms with E-state index < -0.39 is 24.0 Å². The maximum absolute atomic E-state index is 12.6. The summed E-state index contributed by atoms with van der Waals surface area (Å²) in [6, 6.07) is 0. The normalized spacial score (nSPS) is 12.3. The van der Waals surface area contributed by atoms with Crippen LogP contribution in [0.5, 0.6) is 0 Å². The van der Waals surface area contributed by atoms with Gasteiger partial charge in [0.2, 0.25) is 5.91 Å². The van der Waals surface area contributed by atoms with Crippen molar-refractivity contribution in [1.82, 2.24) is 29.3 Å². The predicted molar refractivity (Wildman–Crippen MR) is 124 cm³/mol. The third-order valence-corrected chi connectivity index (χ3v) is 5.31. The van der Waals surface area contributed by atoms with Crippen molar-refractivity contribution in [3.63, 3.8) is 0 Å². The third-order valence-electron chi connectivity index (χ3n) is 5.31. The first-order chi connectivity index (χ1) is 15.9. The summed E-state index contributed by atoms with van der Waals surface area (Å²) in [5.41, 5.74) is -0.349. The highest BCUT2D eigenvalue weighted by molar-refractivity contribution is 5.76. The van der Waals surface area contributed by atoms with Gasteiger partial charge in [-0.15, -0.1) is 0 Å². The van der Waals surface area contributed by atoms with E-state index >= 15 is 0 Å². The second kappa shape index (κ2) is 12.2. The number of aromatic nitrogens is 4. The fourth-order valence-electron chi connectivity index (χ4n) is 3.77. The summed E-state index contributed by atoms with van der Waals surface area (Å²) in [6.07, 6.45) is -1.85. The Morgan fingerprint density at radius 3 is 2.53 bits per heavy atom. The molecule has 0 aliphatic rings. The Balaban J connectivity index is 2.09. The number of carbonyl (C=O) groups is 1. The molecule has 0 aliphatic carbocycles. The molecular weight excluding hydrogens is 453 g/mol. The van der Waals surface area contributed by atoms with Gasteiger partial charge in [-0.2, -0.15) is 13.2 Å². The molecule has 0 fully saturated rings. The molecule has 192 valence electrons. The number of carbonyl (C=O) groups excluding carboxylic acids is 1. The molecule has 0 saturated carbocycles. The Bertz CT molecular complexity index is 1070. The van der Waals surface area contributed by atoms with Crippen LogP contribution in [-0.4, -0.2) is 62.8 Å². The minimum absolute atomic E-state index is 0.108. The highest BCUT2D eigenvalue weighted by atomic mass is 19.4. The summed E-state index contributed by atoms with van der Waals surface area (Å²) in [6.45, 7) is 6.43. The van der Waals surface area contributed by atoms with Crippen molar-refractivity contribution in [2.45, 2.75) is 72.1 Å². The Morgan fingerprint density at radius 1 is 1.21 bits per heavy atom. The number of imidazole rings is 1. The van der Waals surface area contributed by atoms with Crippen LogP contribution >= 0.6 is 0 Å². The standard InChI is InChI=1S/C22H35F3N6O3/c1-5-6-12-30-19-18(20(33)28-21(30)34)31(13-15(2)3)16(27-19)8-9-17(32)26-10-7-11-29(4)14-22(23,24)25/h15H,5-14H2,1-4H3,(H,26,32)(H,28,33,34). The molecule has 0 aliphatic heterocycles. The molecule has 12 heteroatoms. The van der Waals surface area contributed by atoms with Gasteiger partial charge in [0, 0.05) is 32.5 Å². The summed E-state index contributed by atoms with van der Waals surface area (Å²) in [5, 5.41) is 2.72. The number of nitrogens with one attached hydrogen (secondary N) is 2. The van der Waals surface area contributed by atoms with E-state index in [9.17, 15) is 27.6 Å². The maximum atomic E-state index is 12.6. The van der Waals surface area contributed by atoms with E-state index in [0.29, 0.717) is 36.5 Å². The smallest absolute Gasteiger partial charge is 0.356 e. The van der Waals surface area contributed by atoms with Crippen molar-refractivity contribution in [2.75, 3.05) is 26.7 Å². The van der Waals surface area contributed by atoms with Crippen LogP contribution in [0, 0.1) is 5.92 Å². The first kappa shape index (κ1) is 27.6. The molecule has 0 radical (unpaired) electrons. The minimum Gasteiger partial charge on any atom is -0.356 e. The molecule has 0 saturated heterocycles. The van der Waals surface area contributed by atoms with Crippen molar-refractivity contribution in [1.29, 1.82) is 0 Å². The van der Waals surface area contributed by atoms with E-state index in [-0.39, 0.29) is 37.8 Å². The lowest BCUT2D eigenvalue weighted by atomic mass is 10.2. The van der Waals surface area contributed by atoms with E-state index in [0.717, 1.165) is 17.7 Å². The number of nitrogens with zero attached hydrogens (tertiary/aromatic N) is 4. The highest BCUT2D eigenvalue weighted by Crippen LogP contribution is 2.17. The number of rotatable bonds is 13. The fourth-order valence-corrected chi connectivity index (χ4v) is 3.77. The van der Waals surface area contributed by atoms with Gasteiger partial charge in [-0.3, -0.25) is 24.0 Å². The number of H-pyrrole nitrogens is 1. The van der Waals surface area contributed by atoms with E-state index in [1.165, 1.54) is 11.6 Å². The summed E-state index contributed by atoms with van der Waals surface area (Å²) < 4.78 is 40.3. The number of hydrogen-bond acceptors (Lipinski definition) is 5. The summed E-state index contributed by atoms with van der Waals surface area (Å²) >= 11 is 0. The molecule has 2 rings (SSSR count). The molecule has 0 atom stereocenters. The molecule has 0 spiro atoms. The average molecular weight is 489 g/mol. The first-order valence-electron chi connectivity index (χ1n) is 11.7. The molecule has 0 aromatic carbocycles. The van der Waals surface area contributed by atoms with Crippen LogP contribution in [0.15, 0.2) is 9.59 Å². The number of aryl methyl sites for hydroxylation is 2. The van der Waals surface area contributed by atoms with Gasteiger partial charge >= 0.3 is 11.9 Å². The summed E-state index contributed by atoms with van der Waals surface area (Å²) in [5.74, 6) is 0.498. The zero-order chi connectivity index (χ0) is 25.5. The topological polar surface area (TPSA) is 105 Å². The maximum Gasteiger partial charge on any atom is 0.401 e. The number of aromatic amines is 1. The molecule has 9 nitrogen and oxygen atoms in total. The van der Waals surface area contributed by atoms with Gasteiger partial charge in [0.15, 0.2) is 11.2 Å². The van der Waals surface area contributed by atoms with Gasteiger partial charge < -0.3 is 9.88 Å². The molecule has 2 heterocycles. The minimum atomic E-state index is -4.25. The molecule has 0 bridgehead atoms. The lowest BCUT2D eigenvalue weighted by molar-refractivity contribution is -0.143. The molecule has 2 aromatic heterocycles. The van der Waals surface area contributed by atoms with Crippen LogP contribution in [0.2, 0.25) is 0 Å². The van der Waals surface area contributed by atoms with Gasteiger partial charge in [0.1, 0.15) is 5.82 Å². The first-order valence-corrected chi connectivity index (χ1v) is 11.7. The Labute approximate surface area is 196 Å². The third kappa shape index (κ3) is 8.00. The summed E-state index contributed by atoms with van der Waals surface area (Å²) in [4.78, 5) is 45.4. The van der Waals surface area contributed by atoms with E-state index in [1.54, 1.807) is 4.57 Å². The zero-order valence-electron chi connectivity index (χ0n) is 20.3. The molecule has 2 N–H and O–H groups in total. The lowest BCUT2D eigenvalue weighted by Crippen LogP contribution is -2.33. The SMILES string of the molecule is CCCCn1c(=O)[nH]c(=O)c2c1nc(CCC(=O)NCCCN(C)CC(F)(F)F)n2CC(C)C. The van der Waals surface area contributed by atoms with Crippen molar-refractivity contribution < 1.29 is 18.0 Å². The number of amides is 1. The van der Waals surface area contributed by atoms with E-state index in [4.69, 9.17) is 0 Å². The molecule has 0 unspecified atom stereocenters. The van der Waals surface area contributed by atoms with Crippen molar-refractivity contribution in [2.24, 2.45) is 5.92 Å². The Morgan fingerprint density at radius 2 is 1.91 bits per heavy atom. The molecular formula is C22H35F3N6O3. The molecule has 1 amide bonds. The van der Waals surface area contributed by atoms with Crippen LogP contribution in [0.3, 0.4) is 0 Å².